The second kappa shape index (κ2) is 48.5. The molecule has 0 aromatic rings. The number of carbonyl (C=O) groups excluding carboxylic acids is 1. The van der Waals surface area contributed by atoms with Crippen molar-refractivity contribution < 1.29 is 39.8 Å². The largest absolute Gasteiger partial charge is 0.394 e. The lowest BCUT2D eigenvalue weighted by atomic mass is 9.99. The maximum atomic E-state index is 13.0. The second-order valence-electron chi connectivity index (χ2n) is 19.7. The fraction of sp³-hybridized carbons (Fsp3) is 0.814. The molecule has 1 amide bonds. The first kappa shape index (κ1) is 63.9. The number of hydrogen-bond acceptors (Lipinski definition) is 8. The van der Waals surface area contributed by atoms with Gasteiger partial charge in [0.2, 0.25) is 5.91 Å². The van der Waals surface area contributed by atoms with Gasteiger partial charge in [-0.25, -0.2) is 0 Å². The molecule has 0 spiro atoms. The van der Waals surface area contributed by atoms with Crippen LogP contribution < -0.4 is 5.32 Å². The minimum absolute atomic E-state index is 0.137. The highest BCUT2D eigenvalue weighted by Crippen LogP contribution is 2.23. The number of aliphatic hydroxyl groups is 5. The number of hydrogen-bond donors (Lipinski definition) is 6. The molecule has 7 atom stereocenters. The van der Waals surface area contributed by atoms with Gasteiger partial charge < -0.3 is 40.3 Å². The third-order valence-corrected chi connectivity index (χ3v) is 13.4. The lowest BCUT2D eigenvalue weighted by molar-refractivity contribution is -0.302. The summed E-state index contributed by atoms with van der Waals surface area (Å²) in [6.07, 6.45) is 58.3. The standard InChI is InChI=1S/C59H107NO8/c1-3-5-7-9-11-13-15-17-18-19-20-21-22-23-24-25-26-27-28-29-30-31-32-33-34-35-36-37-39-41-43-45-47-49-55(63)60-52(51-67-59-58(66)57(65)56(64)54(50-61)68-59)53(62)48-46-44-42-40-38-16-14-12-10-8-6-4-2/h5,7,11,13,17-18,20-21,23-24,52-54,56-59,61-62,64-66H,3-4,6,8-10,12,14-16,19,22,25-51H2,1-2H3,(H,60,63)/b7-5-,13-11-,18-17-,21-20-,24-23-. The van der Waals surface area contributed by atoms with Crippen molar-refractivity contribution in [1.29, 1.82) is 0 Å². The summed E-state index contributed by atoms with van der Waals surface area (Å²) in [7, 11) is 0. The first-order valence-electron chi connectivity index (χ1n) is 28.5. The van der Waals surface area contributed by atoms with E-state index < -0.39 is 49.5 Å². The lowest BCUT2D eigenvalue weighted by Gasteiger charge is -2.40. The van der Waals surface area contributed by atoms with E-state index in [4.69, 9.17) is 9.47 Å². The summed E-state index contributed by atoms with van der Waals surface area (Å²) < 4.78 is 11.3. The number of ether oxygens (including phenoxy) is 2. The van der Waals surface area contributed by atoms with Crippen LogP contribution in [0.3, 0.4) is 0 Å². The van der Waals surface area contributed by atoms with Gasteiger partial charge in [0.05, 0.1) is 25.4 Å². The van der Waals surface area contributed by atoms with E-state index in [-0.39, 0.29) is 12.5 Å². The van der Waals surface area contributed by atoms with Gasteiger partial charge in [-0.15, -0.1) is 0 Å². The minimum atomic E-state index is -1.55. The van der Waals surface area contributed by atoms with Crippen LogP contribution in [0.15, 0.2) is 60.8 Å². The van der Waals surface area contributed by atoms with Gasteiger partial charge in [-0.2, -0.15) is 0 Å². The van der Waals surface area contributed by atoms with E-state index in [1.54, 1.807) is 0 Å². The van der Waals surface area contributed by atoms with Crippen LogP contribution in [0.2, 0.25) is 0 Å². The third kappa shape index (κ3) is 37.7. The molecule has 0 aliphatic carbocycles. The number of aliphatic hydroxyl groups excluding tert-OH is 5. The van der Waals surface area contributed by atoms with Gasteiger partial charge >= 0.3 is 0 Å². The van der Waals surface area contributed by atoms with Crippen LogP contribution in [0.4, 0.5) is 0 Å². The van der Waals surface area contributed by atoms with Crippen molar-refractivity contribution in [3.05, 3.63) is 60.8 Å². The summed E-state index contributed by atoms with van der Waals surface area (Å²) in [5.41, 5.74) is 0. The van der Waals surface area contributed by atoms with Crippen LogP contribution in [0.1, 0.15) is 251 Å². The quantitative estimate of drug-likeness (QED) is 0.0261. The van der Waals surface area contributed by atoms with Gasteiger partial charge in [-0.1, -0.05) is 248 Å². The Labute approximate surface area is 417 Å². The monoisotopic (exact) mass is 958 g/mol. The second-order valence-corrected chi connectivity index (χ2v) is 19.7. The summed E-state index contributed by atoms with van der Waals surface area (Å²) in [5, 5.41) is 54.5. The van der Waals surface area contributed by atoms with E-state index in [0.717, 1.165) is 70.6 Å². The summed E-state index contributed by atoms with van der Waals surface area (Å²) in [4.78, 5) is 13.0. The Morgan fingerprint density at radius 2 is 0.912 bits per heavy atom. The Hall–Kier alpha value is -2.11. The maximum absolute atomic E-state index is 13.0. The predicted molar refractivity (Wildman–Crippen MR) is 286 cm³/mol. The molecule has 1 fully saturated rings. The van der Waals surface area contributed by atoms with Gasteiger partial charge in [0.15, 0.2) is 6.29 Å². The van der Waals surface area contributed by atoms with Crippen LogP contribution in [-0.4, -0.2) is 87.5 Å². The normalized spacial score (nSPS) is 20.0. The Bertz CT molecular complexity index is 1250. The first-order valence-corrected chi connectivity index (χ1v) is 28.5. The average Bonchev–Trinajstić information content (AvgIpc) is 3.34. The number of amides is 1. The number of nitrogens with one attached hydrogen (secondary N) is 1. The predicted octanol–water partition coefficient (Wildman–Crippen LogP) is 13.9. The Kier molecular flexibility index (Phi) is 45.6. The molecule has 9 heteroatoms. The van der Waals surface area contributed by atoms with Crippen LogP contribution in [0.5, 0.6) is 0 Å². The highest BCUT2D eigenvalue weighted by atomic mass is 16.7. The van der Waals surface area contributed by atoms with Crippen LogP contribution in [0.25, 0.3) is 0 Å². The SMILES string of the molecule is CC/C=C\C/C=C\C/C=C\C/C=C\C/C=C\CCCCCCCCCCCCCCCCCCCC(=O)NC(COC1OC(CO)C(O)C(O)C1O)C(O)CCCCCCCCCCCCCC. The summed E-state index contributed by atoms with van der Waals surface area (Å²) >= 11 is 0. The van der Waals surface area contributed by atoms with Crippen molar-refractivity contribution in [3.63, 3.8) is 0 Å². The van der Waals surface area contributed by atoms with Crippen molar-refractivity contribution in [1.82, 2.24) is 5.32 Å². The van der Waals surface area contributed by atoms with Crippen molar-refractivity contribution in [3.8, 4) is 0 Å². The van der Waals surface area contributed by atoms with Crippen molar-refractivity contribution >= 4 is 5.91 Å². The van der Waals surface area contributed by atoms with E-state index in [2.05, 4.69) is 79.9 Å². The molecule has 0 saturated carbocycles. The zero-order chi connectivity index (χ0) is 49.4. The average molecular weight is 959 g/mol. The molecular weight excluding hydrogens is 851 g/mol. The third-order valence-electron chi connectivity index (χ3n) is 13.4. The number of carbonyl (C=O) groups is 1. The molecule has 0 aromatic heterocycles. The molecule has 1 rings (SSSR count). The maximum Gasteiger partial charge on any atom is 0.220 e. The van der Waals surface area contributed by atoms with Gasteiger partial charge in [0.25, 0.3) is 0 Å². The Balaban J connectivity index is 2.10. The molecule has 6 N–H and O–H groups in total. The molecule has 1 saturated heterocycles. The van der Waals surface area contributed by atoms with Gasteiger partial charge in [0.1, 0.15) is 24.4 Å². The molecule has 9 nitrogen and oxygen atoms in total. The molecule has 68 heavy (non-hydrogen) atoms. The van der Waals surface area contributed by atoms with E-state index in [9.17, 15) is 30.3 Å². The van der Waals surface area contributed by atoms with Crippen LogP contribution in [0, 0.1) is 0 Å². The summed E-state index contributed by atoms with van der Waals surface area (Å²) in [6.45, 7) is 3.72. The van der Waals surface area contributed by atoms with E-state index >= 15 is 0 Å². The first-order chi connectivity index (χ1) is 33.3. The van der Waals surface area contributed by atoms with Crippen molar-refractivity contribution in [2.75, 3.05) is 13.2 Å². The molecular formula is C59H107NO8. The number of allylic oxidation sites excluding steroid dienone is 10. The minimum Gasteiger partial charge on any atom is -0.394 e. The Morgan fingerprint density at radius 1 is 0.515 bits per heavy atom. The highest BCUT2D eigenvalue weighted by Gasteiger charge is 2.44. The molecule has 0 radical (unpaired) electrons. The van der Waals surface area contributed by atoms with Crippen LogP contribution >= 0.6 is 0 Å². The van der Waals surface area contributed by atoms with Crippen LogP contribution in [-0.2, 0) is 14.3 Å². The fourth-order valence-electron chi connectivity index (χ4n) is 8.90. The molecule has 1 heterocycles. The molecule has 7 unspecified atom stereocenters. The van der Waals surface area contributed by atoms with Gasteiger partial charge in [-0.05, 0) is 57.8 Å². The van der Waals surface area contributed by atoms with E-state index in [0.29, 0.717) is 12.8 Å². The Morgan fingerprint density at radius 3 is 1.35 bits per heavy atom. The molecule has 396 valence electrons. The number of rotatable bonds is 48. The lowest BCUT2D eigenvalue weighted by Crippen LogP contribution is -2.60. The van der Waals surface area contributed by atoms with Gasteiger partial charge in [-0.3, -0.25) is 4.79 Å². The fourth-order valence-corrected chi connectivity index (χ4v) is 8.90. The summed E-state index contributed by atoms with van der Waals surface area (Å²) in [5.74, 6) is -0.144. The zero-order valence-electron chi connectivity index (χ0n) is 43.9. The summed E-state index contributed by atoms with van der Waals surface area (Å²) in [6, 6.07) is -0.718. The number of unbranched alkanes of at least 4 members (excludes halogenated alkanes) is 28. The van der Waals surface area contributed by atoms with E-state index in [1.807, 2.05) is 0 Å². The zero-order valence-corrected chi connectivity index (χ0v) is 43.9. The van der Waals surface area contributed by atoms with Crippen molar-refractivity contribution in [2.24, 2.45) is 0 Å². The topological polar surface area (TPSA) is 149 Å². The van der Waals surface area contributed by atoms with Gasteiger partial charge in [0, 0.05) is 6.42 Å². The molecule has 0 aromatic carbocycles. The smallest absolute Gasteiger partial charge is 0.220 e. The van der Waals surface area contributed by atoms with E-state index in [1.165, 1.54) is 154 Å². The highest BCUT2D eigenvalue weighted by molar-refractivity contribution is 5.76. The molecule has 1 aliphatic heterocycles. The van der Waals surface area contributed by atoms with Crippen molar-refractivity contribution in [2.45, 2.75) is 294 Å². The molecule has 0 bridgehead atoms. The molecule has 1 aliphatic rings.